The Morgan fingerprint density at radius 2 is 1.67 bits per heavy atom. The molecule has 0 aliphatic rings. The third-order valence-electron chi connectivity index (χ3n) is 4.47. The van der Waals surface area contributed by atoms with Crippen molar-refractivity contribution in [2.45, 2.75) is 6.61 Å². The number of carboxylic acid groups (broad SMARTS) is 1. The minimum absolute atomic E-state index is 0.125. The topological polar surface area (TPSA) is 77.9 Å². The number of fused-ring (bicyclic) bond motifs is 1. The van der Waals surface area contributed by atoms with Crippen molar-refractivity contribution in [2.24, 2.45) is 0 Å². The van der Waals surface area contributed by atoms with Crippen LogP contribution < -0.4 is 14.2 Å². The number of carbonyl (C=O) groups is 1. The second kappa shape index (κ2) is 8.53. The monoisotopic (exact) mass is 401 g/mol. The average molecular weight is 401 g/mol. The fourth-order valence-corrected chi connectivity index (χ4v) is 3.00. The van der Waals surface area contributed by atoms with Crippen LogP contribution in [0.25, 0.3) is 10.9 Å². The van der Waals surface area contributed by atoms with Gasteiger partial charge in [-0.15, -0.1) is 0 Å². The number of benzene rings is 3. The van der Waals surface area contributed by atoms with Gasteiger partial charge in [-0.25, -0.2) is 9.78 Å². The molecule has 0 spiro atoms. The van der Waals surface area contributed by atoms with E-state index in [1.807, 2.05) is 48.5 Å². The Labute approximate surface area is 173 Å². The van der Waals surface area contributed by atoms with Crippen molar-refractivity contribution in [2.75, 3.05) is 7.11 Å². The number of hydrogen-bond acceptors (Lipinski definition) is 5. The molecule has 4 rings (SSSR count). The molecule has 0 atom stereocenters. The Morgan fingerprint density at radius 1 is 0.900 bits per heavy atom. The van der Waals surface area contributed by atoms with E-state index in [0.29, 0.717) is 28.2 Å². The molecule has 0 unspecified atom stereocenters. The SMILES string of the molecule is COc1cccc(Oc2ccc3nc(C(=O)O)c(OCc4ccccc4)cc3c2)c1. The van der Waals surface area contributed by atoms with E-state index in [0.717, 1.165) is 5.56 Å². The van der Waals surface area contributed by atoms with Crippen molar-refractivity contribution in [3.8, 4) is 23.0 Å². The fraction of sp³-hybridized carbons (Fsp3) is 0.0833. The lowest BCUT2D eigenvalue weighted by molar-refractivity contribution is 0.0685. The maximum Gasteiger partial charge on any atom is 0.358 e. The Hall–Kier alpha value is -4.06. The van der Waals surface area contributed by atoms with Crippen LogP contribution in [-0.2, 0) is 6.61 Å². The molecule has 30 heavy (non-hydrogen) atoms. The zero-order chi connectivity index (χ0) is 20.9. The van der Waals surface area contributed by atoms with E-state index >= 15 is 0 Å². The molecular weight excluding hydrogens is 382 g/mol. The molecule has 1 heterocycles. The Balaban J connectivity index is 1.64. The van der Waals surface area contributed by atoms with E-state index < -0.39 is 5.97 Å². The first-order valence-corrected chi connectivity index (χ1v) is 9.29. The molecule has 4 aromatic rings. The average Bonchev–Trinajstić information content (AvgIpc) is 2.77. The van der Waals surface area contributed by atoms with Crippen molar-refractivity contribution in [1.29, 1.82) is 0 Å². The predicted octanol–water partition coefficient (Wildman–Crippen LogP) is 5.31. The van der Waals surface area contributed by atoms with Crippen LogP contribution in [0.3, 0.4) is 0 Å². The van der Waals surface area contributed by atoms with Gasteiger partial charge in [-0.3, -0.25) is 0 Å². The summed E-state index contributed by atoms with van der Waals surface area (Å²) in [6.45, 7) is 0.244. The highest BCUT2D eigenvalue weighted by molar-refractivity contribution is 5.93. The number of carboxylic acids is 1. The minimum atomic E-state index is -1.14. The maximum absolute atomic E-state index is 11.7. The summed E-state index contributed by atoms with van der Waals surface area (Å²) >= 11 is 0. The lowest BCUT2D eigenvalue weighted by atomic mass is 10.1. The predicted molar refractivity (Wildman–Crippen MR) is 113 cm³/mol. The van der Waals surface area contributed by atoms with Gasteiger partial charge in [0.2, 0.25) is 0 Å². The summed E-state index contributed by atoms with van der Waals surface area (Å²) in [4.78, 5) is 15.9. The van der Waals surface area contributed by atoms with Crippen molar-refractivity contribution >= 4 is 16.9 Å². The number of rotatable bonds is 7. The van der Waals surface area contributed by atoms with Crippen LogP contribution in [0, 0.1) is 0 Å². The van der Waals surface area contributed by atoms with E-state index in [9.17, 15) is 9.90 Å². The molecule has 0 aliphatic heterocycles. The quantitative estimate of drug-likeness (QED) is 0.452. The highest BCUT2D eigenvalue weighted by atomic mass is 16.5. The van der Waals surface area contributed by atoms with Gasteiger partial charge in [0.1, 0.15) is 23.9 Å². The number of methoxy groups -OCH3 is 1. The molecule has 1 N–H and O–H groups in total. The first kappa shape index (κ1) is 19.3. The van der Waals surface area contributed by atoms with Crippen LogP contribution >= 0.6 is 0 Å². The number of aromatic nitrogens is 1. The van der Waals surface area contributed by atoms with Gasteiger partial charge in [-0.1, -0.05) is 36.4 Å². The number of nitrogens with zero attached hydrogens (tertiary/aromatic N) is 1. The second-order valence-electron chi connectivity index (χ2n) is 6.55. The standard InChI is InChI=1S/C24H19NO5/c1-28-18-8-5-9-19(14-18)30-20-10-11-21-17(12-20)13-22(23(25-21)24(26)27)29-15-16-6-3-2-4-7-16/h2-14H,15H2,1H3,(H,26,27). The molecular formula is C24H19NO5. The van der Waals surface area contributed by atoms with Crippen molar-refractivity contribution in [3.05, 3.63) is 90.1 Å². The summed E-state index contributed by atoms with van der Waals surface area (Å²) < 4.78 is 16.9. The van der Waals surface area contributed by atoms with Crippen molar-refractivity contribution in [3.63, 3.8) is 0 Å². The van der Waals surface area contributed by atoms with Gasteiger partial charge in [0.05, 0.1) is 12.6 Å². The largest absolute Gasteiger partial charge is 0.497 e. The zero-order valence-corrected chi connectivity index (χ0v) is 16.2. The molecule has 0 saturated heterocycles. The Kier molecular flexibility index (Phi) is 5.48. The second-order valence-corrected chi connectivity index (χ2v) is 6.55. The van der Waals surface area contributed by atoms with Gasteiger partial charge < -0.3 is 19.3 Å². The summed E-state index contributed by atoms with van der Waals surface area (Å²) in [7, 11) is 1.60. The molecule has 6 heteroatoms. The highest BCUT2D eigenvalue weighted by Crippen LogP contribution is 2.30. The lowest BCUT2D eigenvalue weighted by Gasteiger charge is -2.12. The number of aromatic carboxylic acids is 1. The number of hydrogen-bond donors (Lipinski definition) is 1. The molecule has 1 aromatic heterocycles. The molecule has 0 bridgehead atoms. The summed E-state index contributed by atoms with van der Waals surface area (Å²) in [6, 6.07) is 23.7. The Bertz CT molecular complexity index is 1190. The van der Waals surface area contributed by atoms with Gasteiger partial charge in [0.25, 0.3) is 0 Å². The molecule has 0 fully saturated rings. The molecule has 0 radical (unpaired) electrons. The molecule has 150 valence electrons. The number of ether oxygens (including phenoxy) is 3. The third-order valence-corrected chi connectivity index (χ3v) is 4.47. The van der Waals surface area contributed by atoms with E-state index in [4.69, 9.17) is 14.2 Å². The van der Waals surface area contributed by atoms with E-state index in [2.05, 4.69) is 4.98 Å². The summed E-state index contributed by atoms with van der Waals surface area (Å²) in [6.07, 6.45) is 0. The summed E-state index contributed by atoms with van der Waals surface area (Å²) in [5, 5.41) is 10.3. The lowest BCUT2D eigenvalue weighted by Crippen LogP contribution is -2.06. The molecule has 0 amide bonds. The third kappa shape index (κ3) is 4.33. The first-order valence-electron chi connectivity index (χ1n) is 9.29. The summed E-state index contributed by atoms with van der Waals surface area (Å²) in [5.74, 6) is 0.978. The molecule has 3 aromatic carbocycles. The van der Waals surface area contributed by atoms with E-state index in [1.165, 1.54) is 0 Å². The van der Waals surface area contributed by atoms with Gasteiger partial charge in [0.15, 0.2) is 11.4 Å². The van der Waals surface area contributed by atoms with Gasteiger partial charge in [0, 0.05) is 11.5 Å². The van der Waals surface area contributed by atoms with Crippen LogP contribution in [0.4, 0.5) is 0 Å². The summed E-state index contributed by atoms with van der Waals surface area (Å²) in [5.41, 5.74) is 1.35. The molecule has 0 aliphatic carbocycles. The minimum Gasteiger partial charge on any atom is -0.497 e. The Morgan fingerprint density at radius 3 is 2.43 bits per heavy atom. The van der Waals surface area contributed by atoms with Crippen LogP contribution in [0.5, 0.6) is 23.0 Å². The number of pyridine rings is 1. The van der Waals surface area contributed by atoms with Crippen LogP contribution in [0.2, 0.25) is 0 Å². The zero-order valence-electron chi connectivity index (χ0n) is 16.2. The normalized spacial score (nSPS) is 10.6. The molecule has 0 saturated carbocycles. The van der Waals surface area contributed by atoms with Gasteiger partial charge in [-0.05, 0) is 42.0 Å². The first-order chi connectivity index (χ1) is 14.6. The smallest absolute Gasteiger partial charge is 0.358 e. The van der Waals surface area contributed by atoms with Crippen LogP contribution in [-0.4, -0.2) is 23.2 Å². The maximum atomic E-state index is 11.7. The van der Waals surface area contributed by atoms with Gasteiger partial charge in [-0.2, -0.15) is 0 Å². The highest BCUT2D eigenvalue weighted by Gasteiger charge is 2.16. The van der Waals surface area contributed by atoms with Crippen LogP contribution in [0.15, 0.2) is 78.9 Å². The van der Waals surface area contributed by atoms with E-state index in [1.54, 1.807) is 37.4 Å². The molecule has 6 nitrogen and oxygen atoms in total. The van der Waals surface area contributed by atoms with E-state index in [-0.39, 0.29) is 18.1 Å². The fourth-order valence-electron chi connectivity index (χ4n) is 3.00. The van der Waals surface area contributed by atoms with Gasteiger partial charge >= 0.3 is 5.97 Å². The van der Waals surface area contributed by atoms with Crippen molar-refractivity contribution < 1.29 is 24.1 Å². The van der Waals surface area contributed by atoms with Crippen LogP contribution in [0.1, 0.15) is 16.1 Å². The van der Waals surface area contributed by atoms with Crippen molar-refractivity contribution in [1.82, 2.24) is 4.98 Å².